The summed E-state index contributed by atoms with van der Waals surface area (Å²) < 4.78 is 15.9. The number of hydrogen-bond acceptors (Lipinski definition) is 8. The summed E-state index contributed by atoms with van der Waals surface area (Å²) in [6.45, 7) is 6.90. The van der Waals surface area contributed by atoms with Gasteiger partial charge in [-0.25, -0.2) is 14.4 Å². The molecular weight excluding hydrogens is 545 g/mol. The number of carbonyl (C=O) groups excluding carboxylic acids is 1. The molecule has 0 N–H and O–H groups in total. The number of amides is 1. The van der Waals surface area contributed by atoms with Crippen LogP contribution in [0.1, 0.15) is 45.7 Å². The molecule has 4 heterocycles. The number of hydrogen-bond donors (Lipinski definition) is 0. The lowest BCUT2D eigenvalue weighted by molar-refractivity contribution is -0.143. The van der Waals surface area contributed by atoms with Gasteiger partial charge in [-0.2, -0.15) is 15.6 Å². The van der Waals surface area contributed by atoms with Crippen LogP contribution in [-0.2, 0) is 11.8 Å². The maximum Gasteiger partial charge on any atom is 0.243 e. The third kappa shape index (κ3) is 4.65. The molecule has 4 aromatic rings. The van der Waals surface area contributed by atoms with E-state index in [1.165, 1.54) is 17.1 Å². The van der Waals surface area contributed by atoms with Crippen molar-refractivity contribution in [2.24, 2.45) is 18.4 Å². The predicted octanol–water partition coefficient (Wildman–Crippen LogP) is 4.86. The SMILES string of the molecule is CC[C@](C#N)(C(=O)N1C[C@H](C)N(c2ncnc3c(-c4cc(C#N)n(C)n4)ccc(-c4cncc(F)c4)c23)C[C@H]1C)C1CC1. The second-order valence-corrected chi connectivity index (χ2v) is 11.6. The maximum atomic E-state index is 14.4. The van der Waals surface area contributed by atoms with E-state index in [4.69, 9.17) is 4.98 Å². The molecule has 2 aliphatic rings. The molecule has 6 rings (SSSR count). The molecule has 0 unspecified atom stereocenters. The highest BCUT2D eigenvalue weighted by Crippen LogP contribution is 2.49. The van der Waals surface area contributed by atoms with Gasteiger partial charge >= 0.3 is 0 Å². The van der Waals surface area contributed by atoms with Gasteiger partial charge in [0.1, 0.15) is 35.1 Å². The molecule has 218 valence electrons. The van der Waals surface area contributed by atoms with Gasteiger partial charge in [-0.15, -0.1) is 0 Å². The van der Waals surface area contributed by atoms with Gasteiger partial charge in [0.25, 0.3) is 0 Å². The van der Waals surface area contributed by atoms with Crippen molar-refractivity contribution in [2.75, 3.05) is 18.0 Å². The Kier molecular flexibility index (Phi) is 7.05. The minimum atomic E-state index is -0.977. The van der Waals surface area contributed by atoms with Crippen LogP contribution in [0, 0.1) is 39.8 Å². The summed E-state index contributed by atoms with van der Waals surface area (Å²) in [7, 11) is 1.71. The van der Waals surface area contributed by atoms with Crippen LogP contribution >= 0.6 is 0 Å². The standard InChI is InChI=1S/C32H32FN9O/c1-5-32(17-35,22-6-7-22)31(43)42-16-19(2)41(15-20(42)3)30-28-25(21-10-23(33)14-36-13-21)8-9-26(29(28)37-18-38-30)27-11-24(12-34)40(4)39-27/h8-11,13-14,18-20,22H,5-7,15-16H2,1-4H3/t19-,20+,32+/m0/s1. The van der Waals surface area contributed by atoms with E-state index in [2.05, 4.69) is 32.1 Å². The highest BCUT2D eigenvalue weighted by atomic mass is 19.1. The van der Waals surface area contributed by atoms with E-state index in [9.17, 15) is 19.7 Å². The van der Waals surface area contributed by atoms with Crippen LogP contribution in [-0.4, -0.2) is 60.7 Å². The number of rotatable bonds is 6. The Morgan fingerprint density at radius 3 is 2.51 bits per heavy atom. The number of pyridine rings is 1. The zero-order valence-corrected chi connectivity index (χ0v) is 24.6. The fourth-order valence-corrected chi connectivity index (χ4v) is 6.45. The minimum Gasteiger partial charge on any atom is -0.349 e. The fraction of sp³-hybridized carbons (Fsp3) is 0.406. The highest BCUT2D eigenvalue weighted by Gasteiger charge is 2.53. The second-order valence-electron chi connectivity index (χ2n) is 11.6. The van der Waals surface area contributed by atoms with Crippen LogP contribution in [0.4, 0.5) is 10.2 Å². The van der Waals surface area contributed by atoms with Crippen molar-refractivity contribution in [1.82, 2.24) is 29.6 Å². The smallest absolute Gasteiger partial charge is 0.243 e. The molecule has 3 atom stereocenters. The minimum absolute atomic E-state index is 0.0798. The Morgan fingerprint density at radius 1 is 1.09 bits per heavy atom. The molecule has 3 aromatic heterocycles. The number of aryl methyl sites for hydroxylation is 1. The third-order valence-electron chi connectivity index (χ3n) is 8.99. The van der Waals surface area contributed by atoms with E-state index in [1.54, 1.807) is 19.3 Å². The molecule has 0 spiro atoms. The van der Waals surface area contributed by atoms with Crippen molar-refractivity contribution in [2.45, 2.75) is 52.1 Å². The first-order chi connectivity index (χ1) is 20.7. The van der Waals surface area contributed by atoms with E-state index in [0.717, 1.165) is 19.0 Å². The lowest BCUT2D eigenvalue weighted by Gasteiger charge is -2.47. The quantitative estimate of drug-likeness (QED) is 0.318. The topological polar surface area (TPSA) is 128 Å². The van der Waals surface area contributed by atoms with Crippen LogP contribution < -0.4 is 4.90 Å². The number of aromatic nitrogens is 5. The van der Waals surface area contributed by atoms with Gasteiger partial charge in [0.15, 0.2) is 0 Å². The number of nitrogens with zero attached hydrogens (tertiary/aromatic N) is 9. The average Bonchev–Trinajstić information content (AvgIpc) is 3.79. The number of halogens is 1. The number of benzene rings is 1. The average molecular weight is 578 g/mol. The van der Waals surface area contributed by atoms with Crippen molar-refractivity contribution >= 4 is 22.6 Å². The van der Waals surface area contributed by atoms with E-state index in [0.29, 0.717) is 64.3 Å². The van der Waals surface area contributed by atoms with Gasteiger partial charge in [0.05, 0.1) is 28.9 Å². The Hall–Kier alpha value is -4.90. The summed E-state index contributed by atoms with van der Waals surface area (Å²) in [4.78, 5) is 31.4. The van der Waals surface area contributed by atoms with Crippen molar-refractivity contribution in [3.63, 3.8) is 0 Å². The summed E-state index contributed by atoms with van der Waals surface area (Å²) >= 11 is 0. The Balaban J connectivity index is 1.47. The molecule has 1 saturated carbocycles. The van der Waals surface area contributed by atoms with Gasteiger partial charge in [0.2, 0.25) is 5.91 Å². The monoisotopic (exact) mass is 577 g/mol. The molecular formula is C32H32FN9O. The second kappa shape index (κ2) is 10.7. The number of nitriles is 2. The zero-order chi connectivity index (χ0) is 30.5. The van der Waals surface area contributed by atoms with E-state index in [1.807, 2.05) is 37.8 Å². The molecule has 0 radical (unpaired) electrons. The first kappa shape index (κ1) is 28.2. The molecule has 43 heavy (non-hydrogen) atoms. The summed E-state index contributed by atoms with van der Waals surface area (Å²) in [6.07, 6.45) is 6.60. The fourth-order valence-electron chi connectivity index (χ4n) is 6.45. The first-order valence-electron chi connectivity index (χ1n) is 14.5. The van der Waals surface area contributed by atoms with E-state index < -0.39 is 11.2 Å². The molecule has 1 aliphatic carbocycles. The van der Waals surface area contributed by atoms with Crippen LogP contribution in [0.2, 0.25) is 0 Å². The number of anilines is 1. The van der Waals surface area contributed by atoms with Crippen LogP contribution in [0.15, 0.2) is 43.0 Å². The number of carbonyl (C=O) groups is 1. The van der Waals surface area contributed by atoms with Gasteiger partial charge in [-0.05, 0) is 56.7 Å². The molecule has 1 aliphatic heterocycles. The molecule has 10 nitrogen and oxygen atoms in total. The van der Waals surface area contributed by atoms with Crippen molar-refractivity contribution < 1.29 is 9.18 Å². The summed E-state index contributed by atoms with van der Waals surface area (Å²) in [6, 6.07) is 11.1. The van der Waals surface area contributed by atoms with Crippen LogP contribution in [0.25, 0.3) is 33.3 Å². The molecule has 2 fully saturated rings. The Morgan fingerprint density at radius 2 is 1.86 bits per heavy atom. The largest absolute Gasteiger partial charge is 0.349 e. The van der Waals surface area contributed by atoms with Gasteiger partial charge in [-0.3, -0.25) is 14.5 Å². The van der Waals surface area contributed by atoms with Gasteiger partial charge in [0, 0.05) is 55.6 Å². The summed E-state index contributed by atoms with van der Waals surface area (Å²) in [5.74, 6) is 0.232. The third-order valence-corrected chi connectivity index (χ3v) is 8.99. The van der Waals surface area contributed by atoms with Gasteiger partial charge < -0.3 is 9.80 Å². The van der Waals surface area contributed by atoms with Crippen LogP contribution in [0.5, 0.6) is 0 Å². The molecule has 0 bridgehead atoms. The van der Waals surface area contributed by atoms with E-state index >= 15 is 0 Å². The van der Waals surface area contributed by atoms with Gasteiger partial charge in [-0.1, -0.05) is 13.0 Å². The normalized spacial score (nSPS) is 20.0. The highest BCUT2D eigenvalue weighted by molar-refractivity contribution is 6.07. The van der Waals surface area contributed by atoms with E-state index in [-0.39, 0.29) is 23.9 Å². The summed E-state index contributed by atoms with van der Waals surface area (Å²) in [5.41, 5.74) is 2.62. The number of fused-ring (bicyclic) bond motifs is 1. The Labute approximate surface area is 249 Å². The zero-order valence-electron chi connectivity index (χ0n) is 24.6. The molecule has 1 saturated heterocycles. The molecule has 1 amide bonds. The first-order valence-corrected chi connectivity index (χ1v) is 14.5. The van der Waals surface area contributed by atoms with Crippen molar-refractivity contribution in [1.29, 1.82) is 10.5 Å². The predicted molar refractivity (Wildman–Crippen MR) is 159 cm³/mol. The molecule has 11 heteroatoms. The summed E-state index contributed by atoms with van der Waals surface area (Å²) in [5, 5.41) is 24.9. The maximum absolute atomic E-state index is 14.4. The Bertz CT molecular complexity index is 1820. The van der Waals surface area contributed by atoms with Crippen LogP contribution in [0.3, 0.4) is 0 Å². The van der Waals surface area contributed by atoms with Crippen molar-refractivity contribution in [3.05, 3.63) is 54.5 Å². The lowest BCUT2D eigenvalue weighted by atomic mass is 9.79. The number of piperazine rings is 1. The molecule has 1 aromatic carbocycles. The lowest BCUT2D eigenvalue weighted by Crippen LogP contribution is -2.61. The van der Waals surface area contributed by atoms with Crippen molar-refractivity contribution in [3.8, 4) is 34.5 Å².